The van der Waals surface area contributed by atoms with Gasteiger partial charge in [-0.15, -0.1) is 0 Å². The van der Waals surface area contributed by atoms with E-state index in [1.807, 2.05) is 17.0 Å². The van der Waals surface area contributed by atoms with E-state index in [-0.39, 0.29) is 12.5 Å². The molecule has 4 rings (SSSR count). The first-order chi connectivity index (χ1) is 16.8. The van der Waals surface area contributed by atoms with E-state index in [1.54, 1.807) is 48.4 Å². The lowest BCUT2D eigenvalue weighted by molar-refractivity contribution is -0.137. The fourth-order valence-electron chi connectivity index (χ4n) is 3.97. The molecule has 1 aliphatic heterocycles. The molecule has 5 nitrogen and oxygen atoms in total. The van der Waals surface area contributed by atoms with Gasteiger partial charge in [0, 0.05) is 43.0 Å². The van der Waals surface area contributed by atoms with Crippen molar-refractivity contribution in [2.24, 2.45) is 0 Å². The van der Waals surface area contributed by atoms with Crippen LogP contribution in [-0.2, 0) is 12.8 Å². The monoisotopic (exact) mass is 504 g/mol. The highest BCUT2D eigenvalue weighted by Gasteiger charge is 2.31. The van der Waals surface area contributed by atoms with Crippen LogP contribution in [0.1, 0.15) is 21.5 Å². The van der Waals surface area contributed by atoms with Crippen LogP contribution in [0.25, 0.3) is 0 Å². The van der Waals surface area contributed by atoms with Gasteiger partial charge < -0.3 is 19.3 Å². The molecule has 0 N–H and O–H groups in total. The van der Waals surface area contributed by atoms with E-state index in [0.717, 1.165) is 12.1 Å². The SMILES string of the molecule is COc1ccc(C(=O)N2CCN(c3cccc(C(F)(F)F)c3)CC2)cc1COc1ccccc1Cl. The topological polar surface area (TPSA) is 42.0 Å². The average molecular weight is 505 g/mol. The van der Waals surface area contributed by atoms with Crippen LogP contribution >= 0.6 is 11.6 Å². The number of hydrogen-bond acceptors (Lipinski definition) is 4. The molecule has 184 valence electrons. The second kappa shape index (κ2) is 10.5. The number of amides is 1. The zero-order valence-electron chi connectivity index (χ0n) is 19.0. The standard InChI is InChI=1S/C26H24ClF3N2O3/c1-34-23-10-9-18(15-19(23)17-35-24-8-3-2-7-22(24)27)25(33)32-13-11-31(12-14-32)21-6-4-5-20(16-21)26(28,29)30/h2-10,15-16H,11-14,17H2,1H3. The number of benzene rings is 3. The van der Waals surface area contributed by atoms with E-state index >= 15 is 0 Å². The predicted molar refractivity (Wildman–Crippen MR) is 128 cm³/mol. The number of anilines is 1. The van der Waals surface area contributed by atoms with E-state index in [4.69, 9.17) is 21.1 Å². The number of halogens is 4. The van der Waals surface area contributed by atoms with Gasteiger partial charge in [-0.2, -0.15) is 13.2 Å². The molecule has 1 aliphatic rings. The first kappa shape index (κ1) is 24.7. The van der Waals surface area contributed by atoms with Gasteiger partial charge in [0.25, 0.3) is 5.91 Å². The third-order valence-electron chi connectivity index (χ3n) is 5.85. The summed E-state index contributed by atoms with van der Waals surface area (Å²) in [6.07, 6.45) is -4.39. The number of hydrogen-bond donors (Lipinski definition) is 0. The molecule has 3 aromatic rings. The van der Waals surface area contributed by atoms with Crippen molar-refractivity contribution in [2.45, 2.75) is 12.8 Å². The molecule has 1 heterocycles. The number of alkyl halides is 3. The van der Waals surface area contributed by atoms with Crippen molar-refractivity contribution >= 4 is 23.2 Å². The average Bonchev–Trinajstić information content (AvgIpc) is 2.87. The number of ether oxygens (including phenoxy) is 2. The van der Waals surface area contributed by atoms with Gasteiger partial charge in [0.05, 0.1) is 17.7 Å². The van der Waals surface area contributed by atoms with Crippen LogP contribution in [0.3, 0.4) is 0 Å². The summed E-state index contributed by atoms with van der Waals surface area (Å²) in [6.45, 7) is 1.83. The Balaban J connectivity index is 1.43. The molecule has 0 bridgehead atoms. The molecule has 1 amide bonds. The van der Waals surface area contributed by atoms with Crippen molar-refractivity contribution in [3.63, 3.8) is 0 Å². The van der Waals surface area contributed by atoms with Crippen LogP contribution in [0.15, 0.2) is 66.7 Å². The zero-order chi connectivity index (χ0) is 25.0. The third kappa shape index (κ3) is 5.82. The third-order valence-corrected chi connectivity index (χ3v) is 6.16. The van der Waals surface area contributed by atoms with Crippen LogP contribution < -0.4 is 14.4 Å². The Morgan fingerprint density at radius 1 is 0.943 bits per heavy atom. The van der Waals surface area contributed by atoms with Crippen LogP contribution in [0.5, 0.6) is 11.5 Å². The van der Waals surface area contributed by atoms with Crippen molar-refractivity contribution in [1.82, 2.24) is 4.90 Å². The van der Waals surface area contributed by atoms with Gasteiger partial charge in [-0.25, -0.2) is 0 Å². The first-order valence-electron chi connectivity index (χ1n) is 11.0. The molecule has 3 aromatic carbocycles. The van der Waals surface area contributed by atoms with Crippen molar-refractivity contribution in [2.75, 3.05) is 38.2 Å². The zero-order valence-corrected chi connectivity index (χ0v) is 19.8. The highest BCUT2D eigenvalue weighted by Crippen LogP contribution is 2.32. The Morgan fingerprint density at radius 3 is 2.37 bits per heavy atom. The Bertz CT molecular complexity index is 1190. The van der Waals surface area contributed by atoms with E-state index in [2.05, 4.69) is 0 Å². The Morgan fingerprint density at radius 2 is 1.69 bits per heavy atom. The van der Waals surface area contributed by atoms with E-state index in [1.165, 1.54) is 6.07 Å². The number of rotatable bonds is 6. The highest BCUT2D eigenvalue weighted by atomic mass is 35.5. The number of nitrogens with zero attached hydrogens (tertiary/aromatic N) is 2. The fourth-order valence-corrected chi connectivity index (χ4v) is 4.16. The molecule has 0 aliphatic carbocycles. The molecule has 9 heteroatoms. The molecule has 0 spiro atoms. The summed E-state index contributed by atoms with van der Waals surface area (Å²) in [5.41, 5.74) is 0.991. The maximum atomic E-state index is 13.2. The van der Waals surface area contributed by atoms with Gasteiger partial charge in [-0.05, 0) is 48.5 Å². The highest BCUT2D eigenvalue weighted by molar-refractivity contribution is 6.32. The molecule has 0 radical (unpaired) electrons. The largest absolute Gasteiger partial charge is 0.496 e. The minimum atomic E-state index is -4.39. The number of carbonyl (C=O) groups excluding carboxylic acids is 1. The van der Waals surface area contributed by atoms with Crippen LogP contribution in [0.2, 0.25) is 5.02 Å². The second-order valence-electron chi connectivity index (χ2n) is 8.07. The molecule has 0 unspecified atom stereocenters. The maximum absolute atomic E-state index is 13.2. The summed E-state index contributed by atoms with van der Waals surface area (Å²) < 4.78 is 50.4. The molecule has 0 atom stereocenters. The molecular weight excluding hydrogens is 481 g/mol. The lowest BCUT2D eigenvalue weighted by atomic mass is 10.1. The quantitative estimate of drug-likeness (QED) is 0.418. The van der Waals surface area contributed by atoms with Crippen molar-refractivity contribution in [3.8, 4) is 11.5 Å². The number of carbonyl (C=O) groups is 1. The Labute approximate surface area is 206 Å². The smallest absolute Gasteiger partial charge is 0.416 e. The summed E-state index contributed by atoms with van der Waals surface area (Å²) in [4.78, 5) is 16.7. The van der Waals surface area contributed by atoms with Gasteiger partial charge in [0.15, 0.2) is 0 Å². The van der Waals surface area contributed by atoms with Crippen LogP contribution in [0.4, 0.5) is 18.9 Å². The molecule has 1 saturated heterocycles. The number of para-hydroxylation sites is 1. The van der Waals surface area contributed by atoms with E-state index < -0.39 is 11.7 Å². The Kier molecular flexibility index (Phi) is 7.40. The van der Waals surface area contributed by atoms with Crippen molar-refractivity contribution in [1.29, 1.82) is 0 Å². The maximum Gasteiger partial charge on any atom is 0.416 e. The molecule has 1 fully saturated rings. The number of methoxy groups -OCH3 is 1. The minimum absolute atomic E-state index is 0.157. The molecular formula is C26H24ClF3N2O3. The van der Waals surface area contributed by atoms with E-state index in [9.17, 15) is 18.0 Å². The molecule has 0 saturated carbocycles. The van der Waals surface area contributed by atoms with Gasteiger partial charge in [-0.1, -0.05) is 29.8 Å². The summed E-state index contributed by atoms with van der Waals surface area (Å²) >= 11 is 6.16. The summed E-state index contributed by atoms with van der Waals surface area (Å²) in [7, 11) is 1.54. The fraction of sp³-hybridized carbons (Fsp3) is 0.269. The van der Waals surface area contributed by atoms with Gasteiger partial charge in [0.2, 0.25) is 0 Å². The summed E-state index contributed by atoms with van der Waals surface area (Å²) in [5, 5.41) is 0.484. The van der Waals surface area contributed by atoms with Gasteiger partial charge >= 0.3 is 6.18 Å². The summed E-state index contributed by atoms with van der Waals surface area (Å²) in [5.74, 6) is 0.956. The normalized spacial score (nSPS) is 14.1. The van der Waals surface area contributed by atoms with Crippen molar-refractivity contribution < 1.29 is 27.4 Å². The number of piperazine rings is 1. The van der Waals surface area contributed by atoms with Gasteiger partial charge in [0.1, 0.15) is 18.1 Å². The minimum Gasteiger partial charge on any atom is -0.496 e. The van der Waals surface area contributed by atoms with Crippen molar-refractivity contribution in [3.05, 3.63) is 88.4 Å². The molecule has 35 heavy (non-hydrogen) atoms. The predicted octanol–water partition coefficient (Wildman–Crippen LogP) is 5.91. The molecule has 0 aromatic heterocycles. The first-order valence-corrected chi connectivity index (χ1v) is 11.4. The Hall–Kier alpha value is -3.39. The lowest BCUT2D eigenvalue weighted by Crippen LogP contribution is -2.48. The van der Waals surface area contributed by atoms with Crippen LogP contribution in [0, 0.1) is 0 Å². The van der Waals surface area contributed by atoms with Crippen LogP contribution in [-0.4, -0.2) is 44.1 Å². The summed E-state index contributed by atoms with van der Waals surface area (Å²) in [6, 6.07) is 17.5. The van der Waals surface area contributed by atoms with Gasteiger partial charge in [-0.3, -0.25) is 4.79 Å². The second-order valence-corrected chi connectivity index (χ2v) is 8.48. The lowest BCUT2D eigenvalue weighted by Gasteiger charge is -2.36. The van der Waals surface area contributed by atoms with E-state index in [0.29, 0.717) is 59.5 Å².